The minimum absolute atomic E-state index is 0.0705. The molecular weight excluding hydrogens is 246 g/mol. The van der Waals surface area contributed by atoms with Crippen molar-refractivity contribution in [3.8, 4) is 0 Å². The lowest BCUT2D eigenvalue weighted by molar-refractivity contribution is -0.141. The smallest absolute Gasteiger partial charge is 0.319 e. The van der Waals surface area contributed by atoms with Crippen molar-refractivity contribution in [2.75, 3.05) is 5.32 Å². The first kappa shape index (κ1) is 13.3. The maximum Gasteiger partial charge on any atom is 0.319 e. The monoisotopic (exact) mass is 263 g/mol. The summed E-state index contributed by atoms with van der Waals surface area (Å²) in [6, 6.07) is 1.43. The summed E-state index contributed by atoms with van der Waals surface area (Å²) < 4.78 is 0. The highest BCUT2D eigenvalue weighted by Gasteiger charge is 2.30. The van der Waals surface area contributed by atoms with Gasteiger partial charge in [0, 0.05) is 12.2 Å². The Bertz CT molecular complexity index is 490. The Hall–Kier alpha value is -2.11. The van der Waals surface area contributed by atoms with Crippen molar-refractivity contribution in [2.24, 2.45) is 5.92 Å². The molecule has 1 heterocycles. The molecule has 1 aliphatic rings. The van der Waals surface area contributed by atoms with Crippen LogP contribution in [0.4, 0.5) is 10.5 Å². The zero-order chi connectivity index (χ0) is 13.8. The maximum atomic E-state index is 11.8. The molecule has 1 fully saturated rings. The number of carbonyl (C=O) groups excluding carboxylic acids is 1. The number of nitrogens with zero attached hydrogens (tertiary/aromatic N) is 1. The molecule has 2 unspecified atom stereocenters. The Morgan fingerprint density at radius 2 is 2.16 bits per heavy atom. The Kier molecular flexibility index (Phi) is 3.99. The second-order valence-corrected chi connectivity index (χ2v) is 4.89. The van der Waals surface area contributed by atoms with Crippen LogP contribution in [0.15, 0.2) is 18.5 Å². The summed E-state index contributed by atoms with van der Waals surface area (Å²) in [4.78, 5) is 26.6. The topological polar surface area (TPSA) is 91.3 Å². The van der Waals surface area contributed by atoms with Gasteiger partial charge in [0.25, 0.3) is 0 Å². The van der Waals surface area contributed by atoms with Crippen molar-refractivity contribution in [3.05, 3.63) is 24.0 Å². The number of amides is 2. The van der Waals surface area contributed by atoms with Crippen LogP contribution < -0.4 is 10.6 Å². The van der Waals surface area contributed by atoms with Crippen molar-refractivity contribution in [1.29, 1.82) is 0 Å². The van der Waals surface area contributed by atoms with Crippen LogP contribution >= 0.6 is 0 Å². The second-order valence-electron chi connectivity index (χ2n) is 4.89. The molecule has 2 amide bonds. The van der Waals surface area contributed by atoms with Crippen molar-refractivity contribution in [2.45, 2.75) is 32.2 Å². The van der Waals surface area contributed by atoms with E-state index in [0.717, 1.165) is 5.56 Å². The molecule has 6 nitrogen and oxygen atoms in total. The van der Waals surface area contributed by atoms with E-state index >= 15 is 0 Å². The minimum Gasteiger partial charge on any atom is -0.481 e. The third-order valence-corrected chi connectivity index (χ3v) is 3.25. The van der Waals surface area contributed by atoms with Gasteiger partial charge in [-0.2, -0.15) is 0 Å². The maximum absolute atomic E-state index is 11.8. The fourth-order valence-corrected chi connectivity index (χ4v) is 2.31. The molecule has 0 aliphatic heterocycles. The van der Waals surface area contributed by atoms with Crippen molar-refractivity contribution in [1.82, 2.24) is 10.3 Å². The molecule has 1 aliphatic carbocycles. The molecule has 0 radical (unpaired) electrons. The molecule has 2 rings (SSSR count). The van der Waals surface area contributed by atoms with Gasteiger partial charge >= 0.3 is 12.0 Å². The van der Waals surface area contributed by atoms with E-state index in [-0.39, 0.29) is 18.0 Å². The molecule has 0 spiro atoms. The highest BCUT2D eigenvalue weighted by Crippen LogP contribution is 2.25. The zero-order valence-electron chi connectivity index (χ0n) is 10.7. The van der Waals surface area contributed by atoms with Gasteiger partial charge in [0.05, 0.1) is 17.8 Å². The largest absolute Gasteiger partial charge is 0.481 e. The minimum atomic E-state index is -0.785. The van der Waals surface area contributed by atoms with Crippen molar-refractivity contribution < 1.29 is 14.7 Å². The number of rotatable bonds is 3. The summed E-state index contributed by atoms with van der Waals surface area (Å²) in [5.74, 6) is -1.13. The zero-order valence-corrected chi connectivity index (χ0v) is 10.7. The van der Waals surface area contributed by atoms with E-state index in [1.165, 1.54) is 0 Å². The third-order valence-electron chi connectivity index (χ3n) is 3.25. The molecule has 1 saturated carbocycles. The molecular formula is C13H17N3O3. The van der Waals surface area contributed by atoms with E-state index < -0.39 is 5.97 Å². The van der Waals surface area contributed by atoms with Gasteiger partial charge in [-0.3, -0.25) is 9.78 Å². The van der Waals surface area contributed by atoms with Crippen LogP contribution in [0, 0.1) is 12.8 Å². The summed E-state index contributed by atoms with van der Waals surface area (Å²) in [5, 5.41) is 14.4. The van der Waals surface area contributed by atoms with E-state index in [0.29, 0.717) is 24.9 Å². The number of nitrogens with one attached hydrogen (secondary N) is 2. The van der Waals surface area contributed by atoms with E-state index in [4.69, 9.17) is 5.11 Å². The SMILES string of the molecule is Cc1cncc(NC(=O)NC2CCC(C(=O)O)C2)c1. The number of carboxylic acid groups (broad SMARTS) is 1. The number of pyridine rings is 1. The van der Waals surface area contributed by atoms with Gasteiger partial charge in [-0.15, -0.1) is 0 Å². The van der Waals surface area contributed by atoms with Gasteiger partial charge in [-0.1, -0.05) is 0 Å². The van der Waals surface area contributed by atoms with Crippen LogP contribution in [0.2, 0.25) is 0 Å². The number of aromatic nitrogens is 1. The number of hydrogen-bond acceptors (Lipinski definition) is 3. The number of aryl methyl sites for hydroxylation is 1. The first-order chi connectivity index (χ1) is 9.04. The molecule has 3 N–H and O–H groups in total. The van der Waals surface area contributed by atoms with Gasteiger partial charge in [-0.05, 0) is 37.8 Å². The summed E-state index contributed by atoms with van der Waals surface area (Å²) >= 11 is 0. The van der Waals surface area contributed by atoms with E-state index in [2.05, 4.69) is 15.6 Å². The molecule has 0 saturated heterocycles. The molecule has 2 atom stereocenters. The highest BCUT2D eigenvalue weighted by atomic mass is 16.4. The second kappa shape index (κ2) is 5.69. The Morgan fingerprint density at radius 3 is 2.79 bits per heavy atom. The molecule has 1 aromatic rings. The molecule has 0 aromatic carbocycles. The number of aliphatic carboxylic acids is 1. The van der Waals surface area contributed by atoms with Gasteiger partial charge < -0.3 is 15.7 Å². The molecule has 19 heavy (non-hydrogen) atoms. The summed E-state index contributed by atoms with van der Waals surface area (Å²) in [6.07, 6.45) is 5.09. The normalized spacial score (nSPS) is 21.9. The van der Waals surface area contributed by atoms with Gasteiger partial charge in [0.1, 0.15) is 0 Å². The number of carboxylic acids is 1. The van der Waals surface area contributed by atoms with Gasteiger partial charge in [-0.25, -0.2) is 4.79 Å². The highest BCUT2D eigenvalue weighted by molar-refractivity contribution is 5.89. The number of hydrogen-bond donors (Lipinski definition) is 3. The van der Waals surface area contributed by atoms with Crippen molar-refractivity contribution in [3.63, 3.8) is 0 Å². The lowest BCUT2D eigenvalue weighted by atomic mass is 10.1. The Balaban J connectivity index is 1.84. The molecule has 1 aromatic heterocycles. The van der Waals surface area contributed by atoms with Gasteiger partial charge in [0.15, 0.2) is 0 Å². The van der Waals surface area contributed by atoms with E-state index in [1.54, 1.807) is 12.4 Å². The standard InChI is InChI=1S/C13H17N3O3/c1-8-4-11(7-14-6-8)16-13(19)15-10-3-2-9(5-10)12(17)18/h4,6-7,9-10H,2-3,5H2,1H3,(H,17,18)(H2,15,16,19). The first-order valence-electron chi connectivity index (χ1n) is 6.26. The third kappa shape index (κ3) is 3.67. The lowest BCUT2D eigenvalue weighted by Crippen LogP contribution is -2.36. The molecule has 102 valence electrons. The molecule has 0 bridgehead atoms. The van der Waals surface area contributed by atoms with Crippen LogP contribution in [0.25, 0.3) is 0 Å². The van der Waals surface area contributed by atoms with Crippen LogP contribution in [0.5, 0.6) is 0 Å². The Labute approximate surface area is 111 Å². The summed E-state index contributed by atoms with van der Waals surface area (Å²) in [6.45, 7) is 1.89. The fourth-order valence-electron chi connectivity index (χ4n) is 2.31. The average molecular weight is 263 g/mol. The molecule has 6 heteroatoms. The number of carbonyl (C=O) groups is 2. The van der Waals surface area contributed by atoms with Crippen LogP contribution in [0.3, 0.4) is 0 Å². The van der Waals surface area contributed by atoms with Crippen LogP contribution in [0.1, 0.15) is 24.8 Å². The summed E-state index contributed by atoms with van der Waals surface area (Å²) in [5.41, 5.74) is 1.59. The first-order valence-corrected chi connectivity index (χ1v) is 6.26. The number of urea groups is 1. The van der Waals surface area contributed by atoms with Gasteiger partial charge in [0.2, 0.25) is 0 Å². The average Bonchev–Trinajstić information content (AvgIpc) is 2.77. The Morgan fingerprint density at radius 1 is 1.37 bits per heavy atom. The quantitative estimate of drug-likeness (QED) is 0.775. The van der Waals surface area contributed by atoms with Crippen molar-refractivity contribution >= 4 is 17.7 Å². The lowest BCUT2D eigenvalue weighted by Gasteiger charge is -2.13. The summed E-state index contributed by atoms with van der Waals surface area (Å²) in [7, 11) is 0. The van der Waals surface area contributed by atoms with Crippen LogP contribution in [-0.4, -0.2) is 28.1 Å². The van der Waals surface area contributed by atoms with Crippen LogP contribution in [-0.2, 0) is 4.79 Å². The number of anilines is 1. The fraction of sp³-hybridized carbons (Fsp3) is 0.462. The van der Waals surface area contributed by atoms with E-state index in [1.807, 2.05) is 13.0 Å². The predicted molar refractivity (Wildman–Crippen MR) is 69.9 cm³/mol. The van der Waals surface area contributed by atoms with E-state index in [9.17, 15) is 9.59 Å². The predicted octanol–water partition coefficient (Wildman–Crippen LogP) is 1.76.